The van der Waals surface area contributed by atoms with Gasteiger partial charge < -0.3 is 14.4 Å². The molecule has 0 N–H and O–H groups in total. The van der Waals surface area contributed by atoms with E-state index < -0.39 is 0 Å². The van der Waals surface area contributed by atoms with Crippen LogP contribution in [0.2, 0.25) is 5.02 Å². The SMILES string of the molecule is Cc1cc(=O)n(-c2ccc(N3CCOCC3)c(Cl)c2)c(COc2cccc(I)c2)n1. The van der Waals surface area contributed by atoms with Gasteiger partial charge in [0, 0.05) is 28.4 Å². The maximum Gasteiger partial charge on any atom is 0.258 e. The quantitative estimate of drug-likeness (QED) is 0.457. The van der Waals surface area contributed by atoms with E-state index in [1.807, 2.05) is 36.4 Å². The predicted octanol–water partition coefficient (Wildman–Crippen LogP) is 4.21. The van der Waals surface area contributed by atoms with Crippen molar-refractivity contribution in [2.45, 2.75) is 13.5 Å². The molecule has 0 atom stereocenters. The first-order chi connectivity index (χ1) is 14.5. The third kappa shape index (κ3) is 4.79. The van der Waals surface area contributed by atoms with E-state index in [1.54, 1.807) is 17.6 Å². The van der Waals surface area contributed by atoms with E-state index in [0.717, 1.165) is 28.1 Å². The summed E-state index contributed by atoms with van der Waals surface area (Å²) in [5.41, 5.74) is 2.08. The highest BCUT2D eigenvalue weighted by Gasteiger charge is 2.17. The molecule has 1 aliphatic heterocycles. The Labute approximate surface area is 193 Å². The number of nitrogens with zero attached hydrogens (tertiary/aromatic N) is 3. The zero-order valence-corrected chi connectivity index (χ0v) is 19.4. The van der Waals surface area contributed by atoms with E-state index in [1.165, 1.54) is 6.07 Å². The molecule has 0 bridgehead atoms. The second kappa shape index (κ2) is 9.36. The van der Waals surface area contributed by atoms with Crippen molar-refractivity contribution in [3.05, 3.63) is 79.0 Å². The van der Waals surface area contributed by atoms with Crippen LogP contribution in [0.1, 0.15) is 11.5 Å². The number of benzene rings is 2. The van der Waals surface area contributed by atoms with E-state index in [2.05, 4.69) is 32.5 Å². The molecule has 30 heavy (non-hydrogen) atoms. The summed E-state index contributed by atoms with van der Waals surface area (Å²) in [4.78, 5) is 19.6. The molecule has 0 amide bonds. The molecule has 4 rings (SSSR count). The molecule has 6 nitrogen and oxygen atoms in total. The van der Waals surface area contributed by atoms with Crippen molar-refractivity contribution in [3.8, 4) is 11.4 Å². The molecule has 8 heteroatoms. The number of ether oxygens (including phenoxy) is 2. The summed E-state index contributed by atoms with van der Waals surface area (Å²) in [6, 6.07) is 14.9. The van der Waals surface area contributed by atoms with Crippen LogP contribution in [0.4, 0.5) is 5.69 Å². The van der Waals surface area contributed by atoms with E-state index in [-0.39, 0.29) is 12.2 Å². The minimum atomic E-state index is -0.168. The van der Waals surface area contributed by atoms with E-state index in [4.69, 9.17) is 21.1 Å². The first-order valence-corrected chi connectivity index (χ1v) is 11.1. The zero-order chi connectivity index (χ0) is 21.1. The van der Waals surface area contributed by atoms with Crippen LogP contribution in [-0.4, -0.2) is 35.9 Å². The Morgan fingerprint density at radius 1 is 1.17 bits per heavy atom. The summed E-state index contributed by atoms with van der Waals surface area (Å²) in [6.45, 7) is 4.91. The predicted molar refractivity (Wildman–Crippen MR) is 126 cm³/mol. The number of anilines is 1. The first kappa shape index (κ1) is 21.1. The highest BCUT2D eigenvalue weighted by atomic mass is 127. The minimum absolute atomic E-state index is 0.167. The molecular formula is C22H21ClIN3O3. The van der Waals surface area contributed by atoms with Crippen molar-refractivity contribution in [1.82, 2.24) is 9.55 Å². The molecular weight excluding hydrogens is 517 g/mol. The summed E-state index contributed by atoms with van der Waals surface area (Å²) in [7, 11) is 0. The second-order valence-corrected chi connectivity index (χ2v) is 8.62. The Bertz CT molecular complexity index is 1110. The normalized spacial score (nSPS) is 14.0. The van der Waals surface area contributed by atoms with Crippen LogP contribution >= 0.6 is 34.2 Å². The molecule has 0 spiro atoms. The Balaban J connectivity index is 1.66. The van der Waals surface area contributed by atoms with Gasteiger partial charge in [0.25, 0.3) is 5.56 Å². The molecule has 0 saturated carbocycles. The van der Waals surface area contributed by atoms with Crippen molar-refractivity contribution in [3.63, 3.8) is 0 Å². The Hall–Kier alpha value is -2.10. The molecule has 156 valence electrons. The van der Waals surface area contributed by atoms with Crippen LogP contribution in [0.3, 0.4) is 0 Å². The highest BCUT2D eigenvalue weighted by molar-refractivity contribution is 14.1. The van der Waals surface area contributed by atoms with E-state index >= 15 is 0 Å². The number of hydrogen-bond acceptors (Lipinski definition) is 5. The highest BCUT2D eigenvalue weighted by Crippen LogP contribution is 2.29. The third-order valence-electron chi connectivity index (χ3n) is 4.82. The number of aryl methyl sites for hydroxylation is 1. The number of morpholine rings is 1. The number of aromatic nitrogens is 2. The van der Waals surface area contributed by atoms with Gasteiger partial charge in [0.1, 0.15) is 12.4 Å². The van der Waals surface area contributed by atoms with Crippen molar-refractivity contribution in [2.24, 2.45) is 0 Å². The molecule has 0 unspecified atom stereocenters. The molecule has 1 aromatic heterocycles. The van der Waals surface area contributed by atoms with Gasteiger partial charge in [-0.1, -0.05) is 17.7 Å². The minimum Gasteiger partial charge on any atom is -0.486 e. The zero-order valence-electron chi connectivity index (χ0n) is 16.5. The van der Waals surface area contributed by atoms with Crippen LogP contribution in [-0.2, 0) is 11.3 Å². The van der Waals surface area contributed by atoms with Crippen molar-refractivity contribution in [1.29, 1.82) is 0 Å². The van der Waals surface area contributed by atoms with Gasteiger partial charge in [0.05, 0.1) is 29.6 Å². The van der Waals surface area contributed by atoms with Gasteiger partial charge in [0.2, 0.25) is 0 Å². The standard InChI is InChI=1S/C22H21ClIN3O3/c1-15-11-22(28)27(21(25-15)14-30-18-4-2-3-16(24)12-18)17-5-6-20(19(23)13-17)26-7-9-29-10-8-26/h2-6,11-13H,7-10,14H2,1H3. The molecule has 2 heterocycles. The summed E-state index contributed by atoms with van der Waals surface area (Å²) < 4.78 is 14.0. The molecule has 0 radical (unpaired) electrons. The third-order valence-corrected chi connectivity index (χ3v) is 5.80. The average molecular weight is 538 g/mol. The summed E-state index contributed by atoms with van der Waals surface area (Å²) in [5, 5.41) is 0.589. The molecule has 1 aliphatic rings. The molecule has 1 saturated heterocycles. The van der Waals surface area contributed by atoms with E-state index in [9.17, 15) is 4.79 Å². The fourth-order valence-corrected chi connectivity index (χ4v) is 4.24. The van der Waals surface area contributed by atoms with Crippen LogP contribution in [0.25, 0.3) is 5.69 Å². The molecule has 0 aliphatic carbocycles. The Morgan fingerprint density at radius 2 is 1.97 bits per heavy atom. The first-order valence-electron chi connectivity index (χ1n) is 9.62. The number of halogens is 2. The monoisotopic (exact) mass is 537 g/mol. The fraction of sp³-hybridized carbons (Fsp3) is 0.273. The lowest BCUT2D eigenvalue weighted by Crippen LogP contribution is -2.36. The van der Waals surface area contributed by atoms with Crippen LogP contribution in [0.5, 0.6) is 5.75 Å². The van der Waals surface area contributed by atoms with Gasteiger partial charge in [0.15, 0.2) is 5.82 Å². The summed E-state index contributed by atoms with van der Waals surface area (Å²) in [6.07, 6.45) is 0. The number of rotatable bonds is 5. The van der Waals surface area contributed by atoms with Crippen molar-refractivity contribution < 1.29 is 9.47 Å². The Kier molecular flexibility index (Phi) is 6.60. The van der Waals surface area contributed by atoms with Crippen LogP contribution < -0.4 is 15.2 Å². The molecule has 3 aromatic rings. The van der Waals surface area contributed by atoms with Gasteiger partial charge >= 0.3 is 0 Å². The summed E-state index contributed by atoms with van der Waals surface area (Å²) >= 11 is 8.82. The van der Waals surface area contributed by atoms with Crippen LogP contribution in [0, 0.1) is 10.5 Å². The lowest BCUT2D eigenvalue weighted by atomic mass is 10.2. The molecule has 1 fully saturated rings. The maximum atomic E-state index is 12.8. The van der Waals surface area contributed by atoms with Gasteiger partial charge in [-0.3, -0.25) is 9.36 Å². The van der Waals surface area contributed by atoms with E-state index in [0.29, 0.717) is 35.4 Å². The lowest BCUT2D eigenvalue weighted by molar-refractivity contribution is 0.122. The topological polar surface area (TPSA) is 56.6 Å². The lowest BCUT2D eigenvalue weighted by Gasteiger charge is -2.29. The average Bonchev–Trinajstić information content (AvgIpc) is 2.72. The van der Waals surface area contributed by atoms with Gasteiger partial charge in [-0.2, -0.15) is 0 Å². The maximum absolute atomic E-state index is 12.8. The van der Waals surface area contributed by atoms with Gasteiger partial charge in [-0.15, -0.1) is 0 Å². The fourth-order valence-electron chi connectivity index (χ4n) is 3.43. The summed E-state index contributed by atoms with van der Waals surface area (Å²) in [5.74, 6) is 1.25. The van der Waals surface area contributed by atoms with Gasteiger partial charge in [-0.05, 0) is 65.9 Å². The molecule has 2 aromatic carbocycles. The smallest absolute Gasteiger partial charge is 0.258 e. The van der Waals surface area contributed by atoms with Crippen LogP contribution in [0.15, 0.2) is 53.3 Å². The van der Waals surface area contributed by atoms with Crippen molar-refractivity contribution >= 4 is 39.9 Å². The van der Waals surface area contributed by atoms with Crippen molar-refractivity contribution in [2.75, 3.05) is 31.2 Å². The Morgan fingerprint density at radius 3 is 2.70 bits per heavy atom. The number of hydrogen-bond donors (Lipinski definition) is 0. The van der Waals surface area contributed by atoms with Gasteiger partial charge in [-0.25, -0.2) is 4.98 Å². The second-order valence-electron chi connectivity index (χ2n) is 6.97. The largest absolute Gasteiger partial charge is 0.486 e.